The van der Waals surface area contributed by atoms with E-state index in [4.69, 9.17) is 4.52 Å². The van der Waals surface area contributed by atoms with Crippen LogP contribution in [0.15, 0.2) is 28.9 Å². The number of anilines is 1. The summed E-state index contributed by atoms with van der Waals surface area (Å²) >= 11 is 0. The number of aromatic nitrogens is 2. The molecule has 2 aromatic heterocycles. The number of nitrogens with zero attached hydrogens (tertiary/aromatic N) is 2. The van der Waals surface area contributed by atoms with Crippen molar-refractivity contribution in [1.82, 2.24) is 15.5 Å². The molecule has 0 amide bonds. The average molecular weight is 218 g/mol. The van der Waals surface area contributed by atoms with E-state index < -0.39 is 0 Å². The maximum atomic E-state index is 5.36. The average Bonchev–Trinajstić information content (AvgIpc) is 3.01. The zero-order valence-electron chi connectivity index (χ0n) is 8.94. The third kappa shape index (κ3) is 1.69. The Labute approximate surface area is 93.4 Å². The first-order valence-corrected chi connectivity index (χ1v) is 5.49. The molecule has 0 unspecified atom stereocenters. The lowest BCUT2D eigenvalue weighted by Gasteiger charge is -2.25. The Bertz CT molecular complexity index is 442. The molecule has 5 heteroatoms. The van der Waals surface area contributed by atoms with Gasteiger partial charge in [-0.05, 0) is 12.1 Å². The Kier molecular flexibility index (Phi) is 2.38. The van der Waals surface area contributed by atoms with Crippen LogP contribution in [0.5, 0.6) is 0 Å². The van der Waals surface area contributed by atoms with Crippen molar-refractivity contribution < 1.29 is 4.52 Å². The fraction of sp³-hybridized carbons (Fsp3) is 0.364. The van der Waals surface area contributed by atoms with Crippen molar-refractivity contribution in [2.24, 2.45) is 0 Å². The Balaban J connectivity index is 1.82. The Hall–Kier alpha value is -1.75. The SMILES string of the molecule is c1c[nH]c(-c2cc(N3CCNCC3)on2)c1. The molecule has 1 aliphatic heterocycles. The second-order valence-electron chi connectivity index (χ2n) is 3.87. The lowest BCUT2D eigenvalue weighted by atomic mass is 10.3. The topological polar surface area (TPSA) is 57.1 Å². The van der Waals surface area contributed by atoms with E-state index >= 15 is 0 Å². The third-order valence-electron chi connectivity index (χ3n) is 2.80. The highest BCUT2D eigenvalue weighted by molar-refractivity contribution is 5.58. The monoisotopic (exact) mass is 218 g/mol. The number of piperazine rings is 1. The molecule has 3 heterocycles. The lowest BCUT2D eigenvalue weighted by molar-refractivity contribution is 0.409. The van der Waals surface area contributed by atoms with E-state index in [1.165, 1.54) is 0 Å². The second-order valence-corrected chi connectivity index (χ2v) is 3.87. The number of hydrogen-bond donors (Lipinski definition) is 2. The van der Waals surface area contributed by atoms with Gasteiger partial charge in [0.05, 0.1) is 5.69 Å². The van der Waals surface area contributed by atoms with Crippen molar-refractivity contribution in [3.63, 3.8) is 0 Å². The van der Waals surface area contributed by atoms with E-state index in [0.717, 1.165) is 43.5 Å². The number of rotatable bonds is 2. The lowest BCUT2D eigenvalue weighted by Crippen LogP contribution is -2.43. The van der Waals surface area contributed by atoms with E-state index in [9.17, 15) is 0 Å². The van der Waals surface area contributed by atoms with Crippen molar-refractivity contribution in [3.05, 3.63) is 24.4 Å². The van der Waals surface area contributed by atoms with Gasteiger partial charge in [0.2, 0.25) is 5.88 Å². The Morgan fingerprint density at radius 3 is 2.94 bits per heavy atom. The molecule has 1 aliphatic rings. The molecule has 0 atom stereocenters. The van der Waals surface area contributed by atoms with Crippen LogP contribution in [0.2, 0.25) is 0 Å². The largest absolute Gasteiger partial charge is 0.360 e. The molecule has 0 radical (unpaired) electrons. The maximum absolute atomic E-state index is 5.36. The van der Waals surface area contributed by atoms with E-state index in [-0.39, 0.29) is 0 Å². The van der Waals surface area contributed by atoms with Gasteiger partial charge < -0.3 is 19.7 Å². The Morgan fingerprint density at radius 1 is 1.31 bits per heavy atom. The van der Waals surface area contributed by atoms with Crippen molar-refractivity contribution in [3.8, 4) is 11.4 Å². The first-order chi connectivity index (χ1) is 7.93. The minimum Gasteiger partial charge on any atom is -0.360 e. The van der Waals surface area contributed by atoms with Gasteiger partial charge in [0, 0.05) is 38.4 Å². The molecule has 1 fully saturated rings. The van der Waals surface area contributed by atoms with Crippen LogP contribution in [0.4, 0.5) is 5.88 Å². The van der Waals surface area contributed by atoms with Gasteiger partial charge in [-0.15, -0.1) is 0 Å². The van der Waals surface area contributed by atoms with Crippen LogP contribution >= 0.6 is 0 Å². The zero-order valence-corrected chi connectivity index (χ0v) is 8.94. The van der Waals surface area contributed by atoms with Crippen LogP contribution in [0.1, 0.15) is 0 Å². The molecule has 0 bridgehead atoms. The first kappa shape index (κ1) is 9.47. The van der Waals surface area contributed by atoms with Gasteiger partial charge in [0.25, 0.3) is 0 Å². The van der Waals surface area contributed by atoms with Gasteiger partial charge in [-0.1, -0.05) is 5.16 Å². The summed E-state index contributed by atoms with van der Waals surface area (Å²) in [6.45, 7) is 3.94. The van der Waals surface area contributed by atoms with Crippen LogP contribution in [-0.2, 0) is 0 Å². The second kappa shape index (κ2) is 4.02. The van der Waals surface area contributed by atoms with Crippen LogP contribution in [-0.4, -0.2) is 36.3 Å². The molecule has 5 nitrogen and oxygen atoms in total. The number of aromatic amines is 1. The molecule has 0 aliphatic carbocycles. The highest BCUT2D eigenvalue weighted by atomic mass is 16.5. The first-order valence-electron chi connectivity index (χ1n) is 5.49. The van der Waals surface area contributed by atoms with Crippen LogP contribution in [0.25, 0.3) is 11.4 Å². The number of hydrogen-bond acceptors (Lipinski definition) is 4. The molecule has 2 aromatic rings. The van der Waals surface area contributed by atoms with Gasteiger partial charge in [0.1, 0.15) is 5.69 Å². The molecule has 2 N–H and O–H groups in total. The van der Waals surface area contributed by atoms with Gasteiger partial charge in [-0.3, -0.25) is 0 Å². The molecule has 0 spiro atoms. The van der Waals surface area contributed by atoms with Gasteiger partial charge in [0.15, 0.2) is 0 Å². The molecule has 16 heavy (non-hydrogen) atoms. The summed E-state index contributed by atoms with van der Waals surface area (Å²) < 4.78 is 5.36. The van der Waals surface area contributed by atoms with Gasteiger partial charge in [-0.25, -0.2) is 0 Å². The predicted molar refractivity (Wildman–Crippen MR) is 61.4 cm³/mol. The minimum absolute atomic E-state index is 0.853. The highest BCUT2D eigenvalue weighted by Gasteiger charge is 2.15. The molecule has 0 aromatic carbocycles. The number of H-pyrrole nitrogens is 1. The normalized spacial score (nSPS) is 16.6. The van der Waals surface area contributed by atoms with Crippen molar-refractivity contribution >= 4 is 5.88 Å². The smallest absolute Gasteiger partial charge is 0.227 e. The summed E-state index contributed by atoms with van der Waals surface area (Å²) in [6, 6.07) is 5.92. The van der Waals surface area contributed by atoms with Crippen molar-refractivity contribution in [2.75, 3.05) is 31.1 Å². The fourth-order valence-electron chi connectivity index (χ4n) is 1.92. The molecule has 3 rings (SSSR count). The van der Waals surface area contributed by atoms with E-state index in [1.54, 1.807) is 0 Å². The van der Waals surface area contributed by atoms with Gasteiger partial charge >= 0.3 is 0 Å². The quantitative estimate of drug-likeness (QED) is 0.792. The van der Waals surface area contributed by atoms with Crippen molar-refractivity contribution in [2.45, 2.75) is 0 Å². The molecular weight excluding hydrogens is 204 g/mol. The predicted octanol–water partition coefficient (Wildman–Crippen LogP) is 1.08. The summed E-state index contributed by atoms with van der Waals surface area (Å²) in [5.41, 5.74) is 1.85. The Morgan fingerprint density at radius 2 is 2.19 bits per heavy atom. The summed E-state index contributed by atoms with van der Waals surface area (Å²) in [7, 11) is 0. The summed E-state index contributed by atoms with van der Waals surface area (Å²) in [5, 5.41) is 7.37. The summed E-state index contributed by atoms with van der Waals surface area (Å²) in [5.74, 6) is 0.853. The minimum atomic E-state index is 0.853. The van der Waals surface area contributed by atoms with Crippen LogP contribution in [0, 0.1) is 0 Å². The van der Waals surface area contributed by atoms with Crippen molar-refractivity contribution in [1.29, 1.82) is 0 Å². The van der Waals surface area contributed by atoms with Crippen LogP contribution < -0.4 is 10.2 Å². The van der Waals surface area contributed by atoms with E-state index in [0.29, 0.717) is 0 Å². The summed E-state index contributed by atoms with van der Waals surface area (Å²) in [4.78, 5) is 5.32. The summed E-state index contributed by atoms with van der Waals surface area (Å²) in [6.07, 6.45) is 1.88. The van der Waals surface area contributed by atoms with E-state index in [2.05, 4.69) is 20.4 Å². The van der Waals surface area contributed by atoms with Crippen LogP contribution in [0.3, 0.4) is 0 Å². The fourth-order valence-corrected chi connectivity index (χ4v) is 1.92. The molecule has 1 saturated heterocycles. The van der Waals surface area contributed by atoms with E-state index in [1.807, 2.05) is 24.4 Å². The molecular formula is C11H14N4O. The molecule has 84 valence electrons. The number of nitrogens with one attached hydrogen (secondary N) is 2. The maximum Gasteiger partial charge on any atom is 0.227 e. The third-order valence-corrected chi connectivity index (χ3v) is 2.80. The zero-order chi connectivity index (χ0) is 10.8. The standard InChI is InChI=1S/C11H14N4O/c1-2-9(13-3-1)10-8-11(16-14-10)15-6-4-12-5-7-15/h1-3,8,12-13H,4-7H2. The highest BCUT2D eigenvalue weighted by Crippen LogP contribution is 2.22. The molecule has 0 saturated carbocycles. The van der Waals surface area contributed by atoms with Gasteiger partial charge in [-0.2, -0.15) is 0 Å².